The molecular formula is C18H25N3O3. The van der Waals surface area contributed by atoms with Crippen LogP contribution in [0.25, 0.3) is 0 Å². The molecule has 24 heavy (non-hydrogen) atoms. The molecule has 3 saturated heterocycles. The van der Waals surface area contributed by atoms with Crippen molar-refractivity contribution in [1.29, 1.82) is 0 Å². The molecular weight excluding hydrogens is 306 g/mol. The number of hydroxylamine groups is 2. The largest absolute Gasteiger partial charge is 0.377 e. The van der Waals surface area contributed by atoms with Crippen LogP contribution in [-0.4, -0.2) is 59.8 Å². The highest BCUT2D eigenvalue weighted by molar-refractivity contribution is 5.75. The number of nitrogens with zero attached hydrogens (tertiary/aromatic N) is 3. The quantitative estimate of drug-likeness (QED) is 0.836. The van der Waals surface area contributed by atoms with E-state index in [0.717, 1.165) is 51.3 Å². The Kier molecular flexibility index (Phi) is 4.78. The molecule has 3 atom stereocenters. The van der Waals surface area contributed by atoms with E-state index in [1.54, 1.807) is 0 Å². The lowest BCUT2D eigenvalue weighted by Gasteiger charge is -2.35. The molecule has 0 aliphatic carbocycles. The third kappa shape index (κ3) is 3.45. The van der Waals surface area contributed by atoms with Gasteiger partial charge in [-0.05, 0) is 37.4 Å². The number of pyridine rings is 1. The number of piperidine rings is 1. The highest BCUT2D eigenvalue weighted by atomic mass is 16.7. The minimum absolute atomic E-state index is 0.0590. The van der Waals surface area contributed by atoms with Crippen LogP contribution in [-0.2, 0) is 20.9 Å². The summed E-state index contributed by atoms with van der Waals surface area (Å²) in [5.41, 5.74) is 1.12. The molecule has 3 fully saturated rings. The van der Waals surface area contributed by atoms with Crippen LogP contribution in [0.5, 0.6) is 0 Å². The van der Waals surface area contributed by atoms with Gasteiger partial charge in [-0.15, -0.1) is 0 Å². The smallest absolute Gasteiger partial charge is 0.248 e. The summed E-state index contributed by atoms with van der Waals surface area (Å²) in [6.07, 6.45) is 4.40. The fourth-order valence-corrected chi connectivity index (χ4v) is 4.15. The highest BCUT2D eigenvalue weighted by Gasteiger charge is 2.42. The van der Waals surface area contributed by atoms with E-state index >= 15 is 0 Å². The first-order valence-electron chi connectivity index (χ1n) is 8.97. The van der Waals surface area contributed by atoms with Gasteiger partial charge in [0.1, 0.15) is 0 Å². The van der Waals surface area contributed by atoms with Crippen molar-refractivity contribution in [2.75, 3.05) is 32.8 Å². The van der Waals surface area contributed by atoms with Crippen molar-refractivity contribution in [3.8, 4) is 0 Å². The van der Waals surface area contributed by atoms with Crippen LogP contribution >= 0.6 is 0 Å². The molecule has 0 spiro atoms. The predicted molar refractivity (Wildman–Crippen MR) is 87.8 cm³/mol. The molecule has 1 amide bonds. The molecule has 3 aliphatic heterocycles. The summed E-state index contributed by atoms with van der Waals surface area (Å²) in [5, 5.41) is 1.52. The van der Waals surface area contributed by atoms with Crippen molar-refractivity contribution in [3.63, 3.8) is 0 Å². The van der Waals surface area contributed by atoms with Crippen molar-refractivity contribution in [1.82, 2.24) is 14.9 Å². The zero-order valence-corrected chi connectivity index (χ0v) is 14.0. The SMILES string of the molecule is O=C(C[C@@H]1OC[C@H]2CN(Cc3ccccn3)CC[C@H]21)N1CCCO1. The Hall–Kier alpha value is -1.50. The fraction of sp³-hybridized carbons (Fsp3) is 0.667. The average Bonchev–Trinajstić information content (AvgIpc) is 3.26. The molecule has 4 heterocycles. The zero-order valence-electron chi connectivity index (χ0n) is 14.0. The second kappa shape index (κ2) is 7.17. The van der Waals surface area contributed by atoms with E-state index in [0.29, 0.717) is 24.9 Å². The lowest BCUT2D eigenvalue weighted by atomic mass is 9.83. The molecule has 6 nitrogen and oxygen atoms in total. The number of hydrogen-bond acceptors (Lipinski definition) is 5. The number of amides is 1. The molecule has 0 unspecified atom stereocenters. The first kappa shape index (κ1) is 16.0. The van der Waals surface area contributed by atoms with E-state index in [4.69, 9.17) is 9.57 Å². The molecule has 0 radical (unpaired) electrons. The summed E-state index contributed by atoms with van der Waals surface area (Å²) >= 11 is 0. The van der Waals surface area contributed by atoms with Gasteiger partial charge in [-0.2, -0.15) is 0 Å². The lowest BCUT2D eigenvalue weighted by molar-refractivity contribution is -0.171. The summed E-state index contributed by atoms with van der Waals surface area (Å²) in [6.45, 7) is 5.12. The highest BCUT2D eigenvalue weighted by Crippen LogP contribution is 2.36. The Morgan fingerprint density at radius 3 is 3.08 bits per heavy atom. The van der Waals surface area contributed by atoms with Gasteiger partial charge in [0.25, 0.3) is 0 Å². The standard InChI is InChI=1S/C18H25N3O3/c22-18(21-7-3-9-24-21)10-17-16-5-8-20(11-14(16)13-23-17)12-15-4-1-2-6-19-15/h1-2,4,6,14,16-17H,3,5,7-13H2/t14-,16-,17+/m1/s1. The van der Waals surface area contributed by atoms with Crippen LogP contribution < -0.4 is 0 Å². The van der Waals surface area contributed by atoms with Gasteiger partial charge in [-0.3, -0.25) is 19.5 Å². The molecule has 6 heteroatoms. The van der Waals surface area contributed by atoms with Crippen LogP contribution in [0.2, 0.25) is 0 Å². The number of fused-ring (bicyclic) bond motifs is 1. The van der Waals surface area contributed by atoms with Gasteiger partial charge in [-0.1, -0.05) is 6.07 Å². The minimum atomic E-state index is 0.0590. The Balaban J connectivity index is 1.30. The van der Waals surface area contributed by atoms with Crippen molar-refractivity contribution >= 4 is 5.91 Å². The van der Waals surface area contributed by atoms with Crippen molar-refractivity contribution in [2.24, 2.45) is 11.8 Å². The maximum Gasteiger partial charge on any atom is 0.248 e. The number of carbonyl (C=O) groups excluding carboxylic acids is 1. The van der Waals surface area contributed by atoms with Gasteiger partial charge in [0.15, 0.2) is 0 Å². The maximum atomic E-state index is 12.3. The van der Waals surface area contributed by atoms with E-state index < -0.39 is 0 Å². The van der Waals surface area contributed by atoms with Crippen LogP contribution in [0, 0.1) is 11.8 Å². The van der Waals surface area contributed by atoms with Gasteiger partial charge in [-0.25, -0.2) is 5.06 Å². The molecule has 4 rings (SSSR count). The van der Waals surface area contributed by atoms with E-state index in [2.05, 4.69) is 16.0 Å². The van der Waals surface area contributed by atoms with Crippen molar-refractivity contribution in [2.45, 2.75) is 31.9 Å². The van der Waals surface area contributed by atoms with E-state index in [9.17, 15) is 4.79 Å². The molecule has 130 valence electrons. The van der Waals surface area contributed by atoms with Gasteiger partial charge in [0, 0.05) is 25.2 Å². The average molecular weight is 331 g/mol. The normalized spacial score (nSPS) is 30.5. The maximum absolute atomic E-state index is 12.3. The second-order valence-corrected chi connectivity index (χ2v) is 7.03. The lowest BCUT2D eigenvalue weighted by Crippen LogP contribution is -2.42. The molecule has 1 aromatic heterocycles. The van der Waals surface area contributed by atoms with Crippen LogP contribution in [0.3, 0.4) is 0 Å². The van der Waals surface area contributed by atoms with Crippen LogP contribution in [0.4, 0.5) is 0 Å². The zero-order chi connectivity index (χ0) is 16.4. The van der Waals surface area contributed by atoms with Crippen LogP contribution in [0.15, 0.2) is 24.4 Å². The van der Waals surface area contributed by atoms with E-state index in [1.165, 1.54) is 5.06 Å². The third-order valence-corrected chi connectivity index (χ3v) is 5.40. The molecule has 3 aliphatic rings. The molecule has 0 aromatic carbocycles. The number of carbonyl (C=O) groups is 1. The number of ether oxygens (including phenoxy) is 1. The van der Waals surface area contributed by atoms with Gasteiger partial charge in [0.2, 0.25) is 5.91 Å². The minimum Gasteiger partial charge on any atom is -0.377 e. The Labute approximate surface area is 142 Å². The first-order valence-corrected chi connectivity index (χ1v) is 8.97. The first-order chi connectivity index (χ1) is 11.8. The van der Waals surface area contributed by atoms with Gasteiger partial charge in [0.05, 0.1) is 38.0 Å². The third-order valence-electron chi connectivity index (χ3n) is 5.40. The topological polar surface area (TPSA) is 54.9 Å². The van der Waals surface area contributed by atoms with Crippen molar-refractivity contribution in [3.05, 3.63) is 30.1 Å². The van der Waals surface area contributed by atoms with Gasteiger partial charge >= 0.3 is 0 Å². The molecule has 0 bridgehead atoms. The van der Waals surface area contributed by atoms with E-state index in [-0.39, 0.29) is 12.0 Å². The fourth-order valence-electron chi connectivity index (χ4n) is 4.15. The Bertz CT molecular complexity index is 562. The van der Waals surface area contributed by atoms with Crippen LogP contribution in [0.1, 0.15) is 25.0 Å². The Morgan fingerprint density at radius 1 is 1.33 bits per heavy atom. The summed E-state index contributed by atoms with van der Waals surface area (Å²) in [6, 6.07) is 6.07. The summed E-state index contributed by atoms with van der Waals surface area (Å²) in [4.78, 5) is 24.5. The number of hydrogen-bond donors (Lipinski definition) is 0. The van der Waals surface area contributed by atoms with E-state index in [1.807, 2.05) is 18.3 Å². The van der Waals surface area contributed by atoms with Gasteiger partial charge < -0.3 is 4.74 Å². The summed E-state index contributed by atoms with van der Waals surface area (Å²) < 4.78 is 5.98. The number of likely N-dealkylation sites (tertiary alicyclic amines) is 1. The molecule has 0 N–H and O–H groups in total. The van der Waals surface area contributed by atoms with Crippen molar-refractivity contribution < 1.29 is 14.4 Å². The number of rotatable bonds is 4. The second-order valence-electron chi connectivity index (χ2n) is 7.03. The molecule has 1 aromatic rings. The summed E-state index contributed by atoms with van der Waals surface area (Å²) in [5.74, 6) is 1.10. The predicted octanol–water partition coefficient (Wildman–Crippen LogP) is 1.47. The Morgan fingerprint density at radius 2 is 2.29 bits per heavy atom. The summed E-state index contributed by atoms with van der Waals surface area (Å²) in [7, 11) is 0. The monoisotopic (exact) mass is 331 g/mol. The molecule has 0 saturated carbocycles. The number of aromatic nitrogens is 1.